The van der Waals surface area contributed by atoms with E-state index in [0.29, 0.717) is 6.04 Å². The molecule has 0 aliphatic carbocycles. The van der Waals surface area contributed by atoms with Crippen LogP contribution in [0.4, 0.5) is 5.69 Å². The largest absolute Gasteiger partial charge is 0.375 e. The van der Waals surface area contributed by atoms with Crippen molar-refractivity contribution in [2.75, 3.05) is 18.1 Å². The Bertz CT molecular complexity index is 422. The lowest BCUT2D eigenvalue weighted by atomic mass is 10.1. The zero-order chi connectivity index (χ0) is 13.3. The van der Waals surface area contributed by atoms with Gasteiger partial charge in [-0.25, -0.2) is 0 Å². The Morgan fingerprint density at radius 3 is 2.78 bits per heavy atom. The minimum atomic E-state index is 0.0504. The molecule has 1 fully saturated rings. The van der Waals surface area contributed by atoms with Gasteiger partial charge in [-0.15, -0.1) is 0 Å². The summed E-state index contributed by atoms with van der Waals surface area (Å²) in [6.45, 7) is 8.03. The van der Waals surface area contributed by atoms with Gasteiger partial charge in [-0.3, -0.25) is 0 Å². The highest BCUT2D eigenvalue weighted by Gasteiger charge is 2.24. The van der Waals surface area contributed by atoms with Gasteiger partial charge in [-0.05, 0) is 38.5 Å². The van der Waals surface area contributed by atoms with E-state index in [1.165, 1.54) is 5.69 Å². The van der Waals surface area contributed by atoms with Gasteiger partial charge in [0.05, 0.1) is 12.7 Å². The molecule has 100 valence electrons. The third-order valence-corrected chi connectivity index (χ3v) is 4.10. The van der Waals surface area contributed by atoms with Crippen molar-refractivity contribution in [3.8, 4) is 0 Å². The second-order valence-electron chi connectivity index (χ2n) is 5.14. The van der Waals surface area contributed by atoms with Gasteiger partial charge in [0.2, 0.25) is 0 Å². The standard InChI is InChI=1S/C14H21BrN2O/c1-9-8-18-10(2)7-17(9)12-4-5-13(11(3)16)14(15)6-12/h4-6,9-11H,7-8,16H2,1-3H3/t9?,10?,11-/m0/s1. The summed E-state index contributed by atoms with van der Waals surface area (Å²) in [6, 6.07) is 6.88. The molecular weight excluding hydrogens is 292 g/mol. The van der Waals surface area contributed by atoms with Crippen LogP contribution in [0.1, 0.15) is 32.4 Å². The van der Waals surface area contributed by atoms with Crippen LogP contribution in [0, 0.1) is 0 Å². The summed E-state index contributed by atoms with van der Waals surface area (Å²) in [7, 11) is 0. The number of hydrogen-bond donors (Lipinski definition) is 1. The molecule has 1 heterocycles. The van der Waals surface area contributed by atoms with E-state index in [9.17, 15) is 0 Å². The van der Waals surface area contributed by atoms with Crippen LogP contribution >= 0.6 is 15.9 Å². The number of anilines is 1. The van der Waals surface area contributed by atoms with Crippen molar-refractivity contribution in [1.82, 2.24) is 0 Å². The van der Waals surface area contributed by atoms with Crippen molar-refractivity contribution >= 4 is 21.6 Å². The van der Waals surface area contributed by atoms with E-state index in [2.05, 4.69) is 52.9 Å². The second kappa shape index (κ2) is 5.59. The van der Waals surface area contributed by atoms with Gasteiger partial charge >= 0.3 is 0 Å². The SMILES string of the molecule is CC1CN(c2ccc([C@H](C)N)c(Br)c2)C(C)CO1. The summed E-state index contributed by atoms with van der Waals surface area (Å²) in [5.74, 6) is 0. The molecule has 2 rings (SSSR count). The smallest absolute Gasteiger partial charge is 0.0723 e. The van der Waals surface area contributed by atoms with Crippen LogP contribution in [0.2, 0.25) is 0 Å². The van der Waals surface area contributed by atoms with Crippen LogP contribution in [0.5, 0.6) is 0 Å². The van der Waals surface area contributed by atoms with Crippen molar-refractivity contribution in [2.45, 2.75) is 39.0 Å². The first kappa shape index (κ1) is 13.8. The van der Waals surface area contributed by atoms with Crippen LogP contribution in [0.15, 0.2) is 22.7 Å². The molecule has 0 saturated carbocycles. The van der Waals surface area contributed by atoms with Crippen LogP contribution in [-0.4, -0.2) is 25.3 Å². The van der Waals surface area contributed by atoms with E-state index >= 15 is 0 Å². The van der Waals surface area contributed by atoms with Crippen molar-refractivity contribution in [2.24, 2.45) is 5.73 Å². The fourth-order valence-electron chi connectivity index (χ4n) is 2.33. The minimum Gasteiger partial charge on any atom is -0.375 e. The normalized spacial score (nSPS) is 26.2. The maximum Gasteiger partial charge on any atom is 0.0723 e. The monoisotopic (exact) mass is 312 g/mol. The lowest BCUT2D eigenvalue weighted by molar-refractivity contribution is 0.0344. The quantitative estimate of drug-likeness (QED) is 0.912. The molecule has 1 aliphatic rings. The van der Waals surface area contributed by atoms with Crippen molar-refractivity contribution in [1.29, 1.82) is 0 Å². The van der Waals surface area contributed by atoms with Gasteiger partial charge in [-0.2, -0.15) is 0 Å². The van der Waals surface area contributed by atoms with Gasteiger partial charge in [0.15, 0.2) is 0 Å². The minimum absolute atomic E-state index is 0.0504. The Morgan fingerprint density at radius 2 is 2.17 bits per heavy atom. The lowest BCUT2D eigenvalue weighted by Gasteiger charge is -2.38. The van der Waals surface area contributed by atoms with Gasteiger partial charge in [0.1, 0.15) is 0 Å². The molecule has 0 spiro atoms. The molecule has 0 amide bonds. The van der Waals surface area contributed by atoms with Gasteiger partial charge in [-0.1, -0.05) is 22.0 Å². The van der Waals surface area contributed by atoms with E-state index in [4.69, 9.17) is 10.5 Å². The van der Waals surface area contributed by atoms with Crippen molar-refractivity contribution in [3.63, 3.8) is 0 Å². The fraction of sp³-hybridized carbons (Fsp3) is 0.571. The Balaban J connectivity index is 2.25. The number of rotatable bonds is 2. The molecule has 1 aromatic rings. The summed E-state index contributed by atoms with van der Waals surface area (Å²) < 4.78 is 6.75. The topological polar surface area (TPSA) is 38.5 Å². The molecule has 2 N–H and O–H groups in total. The average molecular weight is 313 g/mol. The lowest BCUT2D eigenvalue weighted by Crippen LogP contribution is -2.47. The first-order valence-corrected chi connectivity index (χ1v) is 7.21. The number of benzene rings is 1. The molecule has 0 radical (unpaired) electrons. The zero-order valence-corrected chi connectivity index (χ0v) is 12.8. The Morgan fingerprint density at radius 1 is 1.44 bits per heavy atom. The van der Waals surface area contributed by atoms with E-state index in [1.807, 2.05) is 6.92 Å². The molecule has 0 aromatic heterocycles. The maximum absolute atomic E-state index is 5.93. The predicted molar refractivity (Wildman–Crippen MR) is 79.0 cm³/mol. The molecule has 3 atom stereocenters. The van der Waals surface area contributed by atoms with E-state index in [0.717, 1.165) is 23.2 Å². The van der Waals surface area contributed by atoms with Gasteiger partial charge in [0, 0.05) is 28.8 Å². The molecule has 1 aromatic carbocycles. The molecular formula is C14H21BrN2O. The van der Waals surface area contributed by atoms with Crippen molar-refractivity contribution < 1.29 is 4.74 Å². The van der Waals surface area contributed by atoms with Crippen molar-refractivity contribution in [3.05, 3.63) is 28.2 Å². The summed E-state index contributed by atoms with van der Waals surface area (Å²) in [5.41, 5.74) is 8.31. The van der Waals surface area contributed by atoms with Crippen LogP contribution in [0.25, 0.3) is 0 Å². The summed E-state index contributed by atoms with van der Waals surface area (Å²) in [6.07, 6.45) is 0.285. The van der Waals surface area contributed by atoms with E-state index in [1.54, 1.807) is 0 Å². The Labute approximate surface area is 117 Å². The van der Waals surface area contributed by atoms with Crippen LogP contribution in [-0.2, 0) is 4.74 Å². The number of ether oxygens (including phenoxy) is 1. The number of morpholine rings is 1. The van der Waals surface area contributed by atoms with Crippen LogP contribution in [0.3, 0.4) is 0 Å². The molecule has 2 unspecified atom stereocenters. The second-order valence-corrected chi connectivity index (χ2v) is 5.99. The molecule has 1 saturated heterocycles. The average Bonchev–Trinajstić information content (AvgIpc) is 2.31. The molecule has 3 nitrogen and oxygen atoms in total. The fourth-order valence-corrected chi connectivity index (χ4v) is 3.05. The van der Waals surface area contributed by atoms with Crippen LogP contribution < -0.4 is 10.6 Å². The molecule has 18 heavy (non-hydrogen) atoms. The first-order valence-electron chi connectivity index (χ1n) is 6.42. The third kappa shape index (κ3) is 2.87. The predicted octanol–water partition coefficient (Wildman–Crippen LogP) is 3.08. The van der Waals surface area contributed by atoms with E-state index < -0.39 is 0 Å². The third-order valence-electron chi connectivity index (χ3n) is 3.41. The number of nitrogens with zero attached hydrogens (tertiary/aromatic N) is 1. The first-order chi connectivity index (χ1) is 8.49. The number of halogens is 1. The Kier molecular flexibility index (Phi) is 4.30. The number of nitrogens with two attached hydrogens (primary N) is 1. The highest BCUT2D eigenvalue weighted by molar-refractivity contribution is 9.10. The summed E-state index contributed by atoms with van der Waals surface area (Å²) in [4.78, 5) is 2.39. The molecule has 1 aliphatic heterocycles. The zero-order valence-electron chi connectivity index (χ0n) is 11.2. The van der Waals surface area contributed by atoms with E-state index in [-0.39, 0.29) is 12.1 Å². The summed E-state index contributed by atoms with van der Waals surface area (Å²) >= 11 is 3.61. The van der Waals surface area contributed by atoms with Gasteiger partial charge in [0.25, 0.3) is 0 Å². The maximum atomic E-state index is 5.93. The molecule has 0 bridgehead atoms. The highest BCUT2D eigenvalue weighted by Crippen LogP contribution is 2.29. The molecule has 4 heteroatoms. The highest BCUT2D eigenvalue weighted by atomic mass is 79.9. The summed E-state index contributed by atoms with van der Waals surface area (Å²) in [5, 5.41) is 0. The number of hydrogen-bond acceptors (Lipinski definition) is 3. The van der Waals surface area contributed by atoms with Gasteiger partial charge < -0.3 is 15.4 Å². The Hall–Kier alpha value is -0.580.